The maximum absolute atomic E-state index is 14.3. The van der Waals surface area contributed by atoms with E-state index in [0.29, 0.717) is 38.0 Å². The van der Waals surface area contributed by atoms with Crippen molar-refractivity contribution in [2.75, 3.05) is 6.54 Å². The monoisotopic (exact) mass is 481 g/mol. The maximum Gasteiger partial charge on any atom is 0.303 e. The molecule has 1 aliphatic heterocycles. The number of thiocarbonyl (C=S) groups is 1. The molecule has 2 heterocycles. The van der Waals surface area contributed by atoms with E-state index in [9.17, 15) is 14.0 Å². The molecule has 0 saturated carbocycles. The summed E-state index contributed by atoms with van der Waals surface area (Å²) in [6.07, 6.45) is 3.77. The van der Waals surface area contributed by atoms with Crippen LogP contribution in [0.1, 0.15) is 24.0 Å². The second-order valence-corrected chi connectivity index (χ2v) is 9.18. The number of carbonyl (C=O) groups is 2. The number of carboxylic acid groups (broad SMARTS) is 1. The number of rotatable bonds is 7. The fourth-order valence-corrected chi connectivity index (χ4v) is 4.69. The smallest absolute Gasteiger partial charge is 0.303 e. The molecule has 0 radical (unpaired) electrons. The van der Waals surface area contributed by atoms with E-state index in [2.05, 4.69) is 5.10 Å². The highest BCUT2D eigenvalue weighted by atomic mass is 32.2. The van der Waals surface area contributed by atoms with Crippen LogP contribution >= 0.6 is 24.0 Å². The zero-order valence-corrected chi connectivity index (χ0v) is 19.3. The lowest BCUT2D eigenvalue weighted by atomic mass is 10.1. The Morgan fingerprint density at radius 1 is 1.24 bits per heavy atom. The van der Waals surface area contributed by atoms with Crippen LogP contribution in [0.25, 0.3) is 23.0 Å². The first-order valence-corrected chi connectivity index (χ1v) is 11.4. The van der Waals surface area contributed by atoms with Gasteiger partial charge in [-0.1, -0.05) is 54.3 Å². The summed E-state index contributed by atoms with van der Waals surface area (Å²) in [7, 11) is 0. The number of thioether (sulfide) groups is 1. The summed E-state index contributed by atoms with van der Waals surface area (Å²) < 4.78 is 16.4. The molecule has 1 fully saturated rings. The number of aliphatic carboxylic acids is 1. The number of aryl methyl sites for hydroxylation is 1. The SMILES string of the molecule is Cc1ccc(-c2nn(-c3ccccc3)cc2/C=C2\SC(=S)N(CCCC(=O)O)C2=O)cc1F. The van der Waals surface area contributed by atoms with Crippen molar-refractivity contribution < 1.29 is 19.1 Å². The Bertz CT molecular complexity index is 1270. The van der Waals surface area contributed by atoms with Crippen molar-refractivity contribution >= 4 is 46.3 Å². The van der Waals surface area contributed by atoms with Gasteiger partial charge in [0.25, 0.3) is 5.91 Å². The van der Waals surface area contributed by atoms with Crippen molar-refractivity contribution in [3.8, 4) is 16.9 Å². The van der Waals surface area contributed by atoms with Crippen LogP contribution in [0, 0.1) is 12.7 Å². The number of para-hydroxylation sites is 1. The fourth-order valence-electron chi connectivity index (χ4n) is 3.39. The fraction of sp³-hybridized carbons (Fsp3) is 0.167. The Labute approximate surface area is 199 Å². The Hall–Kier alpha value is -3.30. The molecule has 6 nitrogen and oxygen atoms in total. The molecule has 1 aliphatic rings. The lowest BCUT2D eigenvalue weighted by molar-refractivity contribution is -0.137. The van der Waals surface area contributed by atoms with Gasteiger partial charge in [-0.25, -0.2) is 9.07 Å². The first-order chi connectivity index (χ1) is 15.8. The molecule has 2 aromatic carbocycles. The molecule has 0 aliphatic carbocycles. The first kappa shape index (κ1) is 22.9. The van der Waals surface area contributed by atoms with Crippen molar-refractivity contribution in [3.63, 3.8) is 0 Å². The predicted molar refractivity (Wildman–Crippen MR) is 130 cm³/mol. The van der Waals surface area contributed by atoms with Crippen LogP contribution in [0.5, 0.6) is 0 Å². The largest absolute Gasteiger partial charge is 0.481 e. The van der Waals surface area contributed by atoms with Crippen molar-refractivity contribution in [1.29, 1.82) is 0 Å². The normalized spacial score (nSPS) is 15.0. The molecule has 1 saturated heterocycles. The molecule has 0 atom stereocenters. The molecule has 1 amide bonds. The summed E-state index contributed by atoms with van der Waals surface area (Å²) in [5.74, 6) is -1.53. The van der Waals surface area contributed by atoms with Crippen molar-refractivity contribution in [2.24, 2.45) is 0 Å². The van der Waals surface area contributed by atoms with Gasteiger partial charge in [0.1, 0.15) is 15.8 Å². The Kier molecular flexibility index (Phi) is 6.71. The second kappa shape index (κ2) is 9.68. The van der Waals surface area contributed by atoms with Crippen LogP contribution < -0.4 is 0 Å². The highest BCUT2D eigenvalue weighted by molar-refractivity contribution is 8.26. The predicted octanol–water partition coefficient (Wildman–Crippen LogP) is 5.05. The van der Waals surface area contributed by atoms with Crippen LogP contribution in [0.4, 0.5) is 4.39 Å². The van der Waals surface area contributed by atoms with Crippen LogP contribution in [-0.4, -0.2) is 42.5 Å². The molecule has 33 heavy (non-hydrogen) atoms. The molecular weight excluding hydrogens is 461 g/mol. The van der Waals surface area contributed by atoms with E-state index in [1.165, 1.54) is 11.0 Å². The number of carboxylic acids is 1. The van der Waals surface area contributed by atoms with Gasteiger partial charge in [0, 0.05) is 30.3 Å². The molecule has 4 rings (SSSR count). The van der Waals surface area contributed by atoms with Gasteiger partial charge in [0.05, 0.1) is 10.6 Å². The minimum absolute atomic E-state index is 0.0386. The summed E-state index contributed by atoms with van der Waals surface area (Å²) >= 11 is 6.50. The molecular formula is C24H20FN3O3S2. The van der Waals surface area contributed by atoms with Crippen LogP contribution in [0.15, 0.2) is 59.6 Å². The van der Waals surface area contributed by atoms with E-state index in [1.54, 1.807) is 36.0 Å². The van der Waals surface area contributed by atoms with Crippen molar-refractivity contribution in [1.82, 2.24) is 14.7 Å². The van der Waals surface area contributed by atoms with Crippen LogP contribution in [0.3, 0.4) is 0 Å². The molecule has 0 bridgehead atoms. The minimum Gasteiger partial charge on any atom is -0.481 e. The molecule has 0 unspecified atom stereocenters. The van der Waals surface area contributed by atoms with Crippen molar-refractivity contribution in [3.05, 3.63) is 76.6 Å². The number of amides is 1. The van der Waals surface area contributed by atoms with E-state index in [0.717, 1.165) is 17.4 Å². The third-order valence-corrected chi connectivity index (χ3v) is 6.52. The number of nitrogens with zero attached hydrogens (tertiary/aromatic N) is 3. The molecule has 168 valence electrons. The number of hydrogen-bond acceptors (Lipinski definition) is 5. The van der Waals surface area contributed by atoms with Gasteiger partial charge in [-0.05, 0) is 43.2 Å². The zero-order chi connectivity index (χ0) is 23.5. The number of halogens is 1. The molecule has 0 spiro atoms. The van der Waals surface area contributed by atoms with E-state index >= 15 is 0 Å². The lowest BCUT2D eigenvalue weighted by Gasteiger charge is -2.13. The van der Waals surface area contributed by atoms with Gasteiger partial charge in [-0.2, -0.15) is 5.10 Å². The van der Waals surface area contributed by atoms with E-state index in [-0.39, 0.29) is 24.7 Å². The Balaban J connectivity index is 1.72. The number of aromatic nitrogens is 2. The summed E-state index contributed by atoms with van der Waals surface area (Å²) in [4.78, 5) is 25.6. The molecule has 9 heteroatoms. The molecule has 1 aromatic heterocycles. The third kappa shape index (κ3) is 5.04. The van der Waals surface area contributed by atoms with Gasteiger partial charge < -0.3 is 5.11 Å². The number of hydrogen-bond donors (Lipinski definition) is 1. The first-order valence-electron chi connectivity index (χ1n) is 10.2. The maximum atomic E-state index is 14.3. The van der Waals surface area contributed by atoms with E-state index in [4.69, 9.17) is 17.3 Å². The average Bonchev–Trinajstić information content (AvgIpc) is 3.32. The quantitative estimate of drug-likeness (QED) is 0.376. The van der Waals surface area contributed by atoms with Gasteiger partial charge in [-0.15, -0.1) is 0 Å². The average molecular weight is 482 g/mol. The van der Waals surface area contributed by atoms with Gasteiger partial charge >= 0.3 is 5.97 Å². The van der Waals surface area contributed by atoms with Gasteiger partial charge in [-0.3, -0.25) is 14.5 Å². The standard InChI is InChI=1S/C24H20FN3O3S2/c1-15-9-10-16(12-19(15)25)22-17(14-28(26-22)18-6-3-2-4-7-18)13-20-23(31)27(24(32)33-20)11-5-8-21(29)30/h2-4,6-7,9-10,12-14H,5,8,11H2,1H3,(H,29,30)/b20-13-. The minimum atomic E-state index is -0.917. The third-order valence-electron chi connectivity index (χ3n) is 5.14. The van der Waals surface area contributed by atoms with Crippen LogP contribution in [-0.2, 0) is 9.59 Å². The van der Waals surface area contributed by atoms with Crippen LogP contribution in [0.2, 0.25) is 0 Å². The molecule has 3 aromatic rings. The summed E-state index contributed by atoms with van der Waals surface area (Å²) in [6.45, 7) is 1.94. The van der Waals surface area contributed by atoms with Gasteiger partial charge in [0.2, 0.25) is 0 Å². The highest BCUT2D eigenvalue weighted by Crippen LogP contribution is 2.35. The van der Waals surface area contributed by atoms with E-state index in [1.807, 2.05) is 30.3 Å². The van der Waals surface area contributed by atoms with Gasteiger partial charge in [0.15, 0.2) is 0 Å². The summed E-state index contributed by atoms with van der Waals surface area (Å²) in [5, 5.41) is 13.5. The van der Waals surface area contributed by atoms with E-state index < -0.39 is 5.97 Å². The summed E-state index contributed by atoms with van der Waals surface area (Å²) in [6, 6.07) is 14.4. The zero-order valence-electron chi connectivity index (χ0n) is 17.7. The number of carbonyl (C=O) groups excluding carboxylic acids is 1. The topological polar surface area (TPSA) is 75.4 Å². The van der Waals surface area contributed by atoms with Crippen molar-refractivity contribution in [2.45, 2.75) is 19.8 Å². The number of benzene rings is 2. The Morgan fingerprint density at radius 2 is 2.00 bits per heavy atom. The summed E-state index contributed by atoms with van der Waals surface area (Å²) in [5.41, 5.74) is 3.13. The second-order valence-electron chi connectivity index (χ2n) is 7.51. The lowest BCUT2D eigenvalue weighted by Crippen LogP contribution is -2.29. The Morgan fingerprint density at radius 3 is 2.70 bits per heavy atom. The highest BCUT2D eigenvalue weighted by Gasteiger charge is 2.32. The molecule has 1 N–H and O–H groups in total.